The van der Waals surface area contributed by atoms with Gasteiger partial charge in [0, 0.05) is 57.1 Å². The molecule has 0 spiro atoms. The molecular weight excluding hydrogens is 510 g/mol. The maximum atomic E-state index is 14.0. The summed E-state index contributed by atoms with van der Waals surface area (Å²) < 4.78 is 33.4. The van der Waals surface area contributed by atoms with Gasteiger partial charge in [0.05, 0.1) is 29.4 Å². The summed E-state index contributed by atoms with van der Waals surface area (Å²) in [4.78, 5) is 39.5. The number of methoxy groups -OCH3 is 1. The quantitative estimate of drug-likeness (QED) is 0.281. The number of rotatable bonds is 7. The zero-order valence-corrected chi connectivity index (χ0v) is 21.2. The zero-order valence-electron chi connectivity index (χ0n) is 21.2. The van der Waals surface area contributed by atoms with Crippen molar-refractivity contribution < 1.29 is 23.1 Å². The number of aromatic amines is 1. The molecule has 3 heterocycles. The van der Waals surface area contributed by atoms with Crippen LogP contribution >= 0.6 is 0 Å². The van der Waals surface area contributed by atoms with Crippen LogP contribution in [0.25, 0.3) is 11.0 Å². The molecule has 0 radical (unpaired) electrons. The normalized spacial score (nSPS) is 13.4. The van der Waals surface area contributed by atoms with Gasteiger partial charge in [-0.1, -0.05) is 0 Å². The van der Waals surface area contributed by atoms with Gasteiger partial charge < -0.3 is 35.9 Å². The predicted molar refractivity (Wildman–Crippen MR) is 143 cm³/mol. The standard InChI is InChI=1S/C26H26F2N8O3/c1-14(37)35-7-9-36(10-8-35)15-3-4-20(22(11-15)39-2)32-26-33-24-16(5-6-30-24)25(34-26)31-21-13-19(28)18(27)12-17(21)23(29)38/h3-6,11-13H,7-10H2,1-2H3,(H2,29,38)(H3,30,31,32,33,34). The summed E-state index contributed by atoms with van der Waals surface area (Å²) in [6, 6.07) is 8.94. The minimum Gasteiger partial charge on any atom is -0.494 e. The number of carbonyl (C=O) groups excluding carboxylic acids is 2. The average Bonchev–Trinajstić information content (AvgIpc) is 3.40. The van der Waals surface area contributed by atoms with E-state index in [4.69, 9.17) is 10.5 Å². The lowest BCUT2D eigenvalue weighted by atomic mass is 10.1. The smallest absolute Gasteiger partial charge is 0.250 e. The van der Waals surface area contributed by atoms with Crippen molar-refractivity contribution in [2.45, 2.75) is 6.92 Å². The van der Waals surface area contributed by atoms with Crippen LogP contribution in [0, 0.1) is 11.6 Å². The second kappa shape index (κ2) is 10.4. The van der Waals surface area contributed by atoms with E-state index in [1.165, 1.54) is 0 Å². The van der Waals surface area contributed by atoms with Crippen molar-refractivity contribution in [3.63, 3.8) is 0 Å². The van der Waals surface area contributed by atoms with E-state index in [0.717, 1.165) is 17.8 Å². The van der Waals surface area contributed by atoms with Gasteiger partial charge in [-0.05, 0) is 24.3 Å². The number of benzene rings is 2. The molecule has 11 nitrogen and oxygen atoms in total. The van der Waals surface area contributed by atoms with Crippen LogP contribution in [0.1, 0.15) is 17.3 Å². The summed E-state index contributed by atoms with van der Waals surface area (Å²) in [5.41, 5.74) is 7.10. The Morgan fingerprint density at radius 2 is 1.74 bits per heavy atom. The lowest BCUT2D eigenvalue weighted by Gasteiger charge is -2.35. The topological polar surface area (TPSA) is 142 Å². The number of fused-ring (bicyclic) bond motifs is 1. The highest BCUT2D eigenvalue weighted by Crippen LogP contribution is 2.34. The first kappa shape index (κ1) is 25.7. The van der Waals surface area contributed by atoms with E-state index in [0.29, 0.717) is 48.6 Å². The summed E-state index contributed by atoms with van der Waals surface area (Å²) in [6.45, 7) is 4.27. The average molecular weight is 537 g/mol. The molecule has 2 aromatic carbocycles. The summed E-state index contributed by atoms with van der Waals surface area (Å²) in [6.07, 6.45) is 1.65. The Morgan fingerprint density at radius 1 is 1.00 bits per heavy atom. The van der Waals surface area contributed by atoms with Crippen molar-refractivity contribution >= 4 is 51.7 Å². The summed E-state index contributed by atoms with van der Waals surface area (Å²) in [5, 5.41) is 6.57. The molecule has 0 atom stereocenters. The Bertz CT molecular complexity index is 1570. The van der Waals surface area contributed by atoms with Gasteiger partial charge in [-0.2, -0.15) is 9.97 Å². The number of anilines is 5. The van der Waals surface area contributed by atoms with Crippen LogP contribution in [0.5, 0.6) is 5.75 Å². The molecule has 1 saturated heterocycles. The molecule has 202 valence electrons. The Balaban J connectivity index is 1.43. The van der Waals surface area contributed by atoms with E-state index in [-0.39, 0.29) is 28.9 Å². The third kappa shape index (κ3) is 5.23. The molecular formula is C26H26F2N8O3. The molecule has 1 aliphatic heterocycles. The molecule has 2 aromatic heterocycles. The molecule has 2 amide bonds. The molecule has 5 N–H and O–H groups in total. The van der Waals surface area contributed by atoms with E-state index in [9.17, 15) is 18.4 Å². The first-order chi connectivity index (χ1) is 18.7. The van der Waals surface area contributed by atoms with Gasteiger partial charge in [0.25, 0.3) is 5.91 Å². The highest BCUT2D eigenvalue weighted by Gasteiger charge is 2.21. The van der Waals surface area contributed by atoms with Crippen LogP contribution < -0.4 is 26.0 Å². The fourth-order valence-electron chi connectivity index (χ4n) is 4.45. The number of halogens is 2. The summed E-state index contributed by atoms with van der Waals surface area (Å²) in [5.74, 6) is -2.25. The van der Waals surface area contributed by atoms with Crippen LogP contribution in [0.4, 0.5) is 37.6 Å². The van der Waals surface area contributed by atoms with Crippen LogP contribution in [0.15, 0.2) is 42.6 Å². The van der Waals surface area contributed by atoms with Gasteiger partial charge >= 0.3 is 0 Å². The Hall–Kier alpha value is -4.94. The van der Waals surface area contributed by atoms with Crippen molar-refractivity contribution in [1.29, 1.82) is 0 Å². The van der Waals surface area contributed by atoms with Crippen LogP contribution in [0.3, 0.4) is 0 Å². The number of nitrogens with zero attached hydrogens (tertiary/aromatic N) is 4. The number of hydrogen-bond donors (Lipinski definition) is 4. The van der Waals surface area contributed by atoms with Gasteiger partial charge in [-0.15, -0.1) is 0 Å². The number of H-pyrrole nitrogens is 1. The van der Waals surface area contributed by atoms with E-state index >= 15 is 0 Å². The summed E-state index contributed by atoms with van der Waals surface area (Å²) >= 11 is 0. The highest BCUT2D eigenvalue weighted by atomic mass is 19.2. The lowest BCUT2D eigenvalue weighted by Crippen LogP contribution is -2.48. The number of amides is 2. The molecule has 0 unspecified atom stereocenters. The summed E-state index contributed by atoms with van der Waals surface area (Å²) in [7, 11) is 1.55. The SMILES string of the molecule is COc1cc(N2CCN(C(C)=O)CC2)ccc1Nc1nc(Nc2cc(F)c(F)cc2C(N)=O)c2cc[nH]c2n1. The van der Waals surface area contributed by atoms with Crippen LogP contribution in [-0.2, 0) is 4.79 Å². The third-order valence-corrected chi connectivity index (χ3v) is 6.52. The molecule has 0 bridgehead atoms. The van der Waals surface area contributed by atoms with Gasteiger partial charge in [0.15, 0.2) is 11.6 Å². The minimum absolute atomic E-state index is 0.0413. The number of ether oxygens (including phenoxy) is 1. The van der Waals surface area contributed by atoms with E-state index < -0.39 is 17.5 Å². The van der Waals surface area contributed by atoms with E-state index in [1.807, 2.05) is 23.1 Å². The van der Waals surface area contributed by atoms with Crippen molar-refractivity contribution in [2.24, 2.45) is 5.73 Å². The number of carbonyl (C=O) groups is 2. The molecule has 1 aliphatic rings. The van der Waals surface area contributed by atoms with Gasteiger partial charge in [0.2, 0.25) is 11.9 Å². The highest BCUT2D eigenvalue weighted by molar-refractivity contribution is 6.00. The number of nitrogens with one attached hydrogen (secondary N) is 3. The van der Waals surface area contributed by atoms with Gasteiger partial charge in [0.1, 0.15) is 17.2 Å². The second-order valence-corrected chi connectivity index (χ2v) is 8.94. The second-order valence-electron chi connectivity index (χ2n) is 8.94. The zero-order chi connectivity index (χ0) is 27.7. The number of piperazine rings is 1. The van der Waals surface area contributed by atoms with E-state index in [2.05, 4.69) is 30.5 Å². The number of hydrogen-bond acceptors (Lipinski definition) is 8. The predicted octanol–water partition coefficient (Wildman–Crippen LogP) is 3.50. The van der Waals surface area contributed by atoms with Crippen molar-refractivity contribution in [3.05, 3.63) is 59.8 Å². The Morgan fingerprint density at radius 3 is 2.44 bits per heavy atom. The number of nitrogens with two attached hydrogens (primary N) is 1. The van der Waals surface area contributed by atoms with E-state index in [1.54, 1.807) is 26.3 Å². The fraction of sp³-hybridized carbons (Fsp3) is 0.231. The van der Waals surface area contributed by atoms with Crippen molar-refractivity contribution in [1.82, 2.24) is 19.9 Å². The first-order valence-electron chi connectivity index (χ1n) is 12.1. The minimum atomic E-state index is -1.19. The third-order valence-electron chi connectivity index (χ3n) is 6.52. The molecule has 1 fully saturated rings. The monoisotopic (exact) mass is 536 g/mol. The van der Waals surface area contributed by atoms with Gasteiger partial charge in [-0.25, -0.2) is 8.78 Å². The molecule has 13 heteroatoms. The number of primary amides is 1. The molecule has 4 aromatic rings. The van der Waals surface area contributed by atoms with Crippen LogP contribution in [0.2, 0.25) is 0 Å². The lowest BCUT2D eigenvalue weighted by molar-refractivity contribution is -0.129. The first-order valence-corrected chi connectivity index (χ1v) is 12.1. The number of aromatic nitrogens is 3. The molecule has 5 rings (SSSR count). The largest absolute Gasteiger partial charge is 0.494 e. The van der Waals surface area contributed by atoms with Crippen molar-refractivity contribution in [3.8, 4) is 5.75 Å². The maximum absolute atomic E-state index is 14.0. The maximum Gasteiger partial charge on any atom is 0.250 e. The Kier molecular flexibility index (Phi) is 6.88. The molecule has 0 saturated carbocycles. The van der Waals surface area contributed by atoms with Gasteiger partial charge in [-0.3, -0.25) is 9.59 Å². The Labute approximate surface area is 222 Å². The van der Waals surface area contributed by atoms with Crippen LogP contribution in [-0.4, -0.2) is 65.0 Å². The fourth-order valence-corrected chi connectivity index (χ4v) is 4.45. The molecule has 0 aliphatic carbocycles. The van der Waals surface area contributed by atoms with Crippen molar-refractivity contribution in [2.75, 3.05) is 48.8 Å². The molecule has 39 heavy (non-hydrogen) atoms.